The summed E-state index contributed by atoms with van der Waals surface area (Å²) < 4.78 is 23.4. The zero-order valence-electron chi connectivity index (χ0n) is 14.8. The molecular weight excluding hydrogens is 356 g/mol. The number of H-pyrrole nitrogens is 1. The van der Waals surface area contributed by atoms with Crippen molar-refractivity contribution in [3.8, 4) is 33.9 Å². The molecule has 0 amide bonds. The minimum Gasteiger partial charge on any atom is -0.337 e. The summed E-state index contributed by atoms with van der Waals surface area (Å²) in [5, 5.41) is 0. The average molecular weight is 374 g/mol. The first-order valence-electron chi connectivity index (χ1n) is 8.54. The van der Waals surface area contributed by atoms with Gasteiger partial charge in [-0.1, -0.05) is 60.7 Å². The van der Waals surface area contributed by atoms with E-state index in [1.807, 2.05) is 60.7 Å². The first-order valence-corrected chi connectivity index (χ1v) is 10.4. The second-order valence-corrected chi connectivity index (χ2v) is 8.35. The molecule has 0 saturated heterocycles. The number of aromatic nitrogens is 2. The molecule has 1 aromatic heterocycles. The summed E-state index contributed by atoms with van der Waals surface area (Å²) in [4.78, 5) is 8.52. The third kappa shape index (κ3) is 3.55. The van der Waals surface area contributed by atoms with Crippen LogP contribution >= 0.6 is 0 Å². The molecule has 0 fully saturated rings. The molecule has 4 aromatic rings. The number of hydrogen-bond acceptors (Lipinski definition) is 3. The zero-order valence-corrected chi connectivity index (χ0v) is 15.6. The second kappa shape index (κ2) is 6.85. The molecule has 0 radical (unpaired) electrons. The standard InChI is InChI=1S/C22H18N2O2S/c1-27(25,26)19-14-12-18(13-15-19)22-23-20(16-8-4-2-5-9-16)21(24-22)17-10-6-3-7-11-17/h2-15H,1H3,(H,23,24). The molecule has 0 unspecified atom stereocenters. The lowest BCUT2D eigenvalue weighted by Gasteiger charge is -2.02. The van der Waals surface area contributed by atoms with E-state index in [2.05, 4.69) is 4.98 Å². The summed E-state index contributed by atoms with van der Waals surface area (Å²) in [5.41, 5.74) is 4.70. The Labute approximate surface area is 158 Å². The van der Waals surface area contributed by atoms with Gasteiger partial charge in [-0.2, -0.15) is 0 Å². The second-order valence-electron chi connectivity index (χ2n) is 6.34. The molecule has 0 spiro atoms. The summed E-state index contributed by atoms with van der Waals surface area (Å²) in [6.45, 7) is 0. The molecule has 5 heteroatoms. The molecule has 27 heavy (non-hydrogen) atoms. The molecule has 134 valence electrons. The smallest absolute Gasteiger partial charge is 0.175 e. The van der Waals surface area contributed by atoms with Gasteiger partial charge in [-0.15, -0.1) is 0 Å². The third-order valence-electron chi connectivity index (χ3n) is 4.37. The van der Waals surface area contributed by atoms with Crippen molar-refractivity contribution in [3.63, 3.8) is 0 Å². The number of nitrogens with zero attached hydrogens (tertiary/aromatic N) is 1. The third-order valence-corrected chi connectivity index (χ3v) is 5.50. The van der Waals surface area contributed by atoms with E-state index in [4.69, 9.17) is 4.98 Å². The van der Waals surface area contributed by atoms with Crippen LogP contribution in [0.2, 0.25) is 0 Å². The van der Waals surface area contributed by atoms with Gasteiger partial charge < -0.3 is 4.98 Å². The van der Waals surface area contributed by atoms with Crippen LogP contribution in [0.15, 0.2) is 89.8 Å². The Hall–Kier alpha value is -3.18. The molecule has 1 heterocycles. The number of imidazole rings is 1. The molecule has 0 aliphatic heterocycles. The Morgan fingerprint density at radius 2 is 1.26 bits per heavy atom. The molecule has 0 aliphatic carbocycles. The minimum absolute atomic E-state index is 0.296. The lowest BCUT2D eigenvalue weighted by atomic mass is 10.1. The maximum Gasteiger partial charge on any atom is 0.175 e. The minimum atomic E-state index is -3.22. The zero-order chi connectivity index (χ0) is 18.9. The molecule has 0 saturated carbocycles. The molecular formula is C22H18N2O2S. The van der Waals surface area contributed by atoms with Crippen LogP contribution in [0.1, 0.15) is 0 Å². The number of benzene rings is 3. The van der Waals surface area contributed by atoms with Crippen LogP contribution in [0.25, 0.3) is 33.9 Å². The van der Waals surface area contributed by atoms with Crippen LogP contribution in [0.4, 0.5) is 0 Å². The Morgan fingerprint density at radius 1 is 0.704 bits per heavy atom. The van der Waals surface area contributed by atoms with Crippen molar-refractivity contribution in [2.24, 2.45) is 0 Å². The van der Waals surface area contributed by atoms with Gasteiger partial charge in [0.15, 0.2) is 9.84 Å². The van der Waals surface area contributed by atoms with Gasteiger partial charge in [0.25, 0.3) is 0 Å². The molecule has 0 bridgehead atoms. The van der Waals surface area contributed by atoms with Crippen molar-refractivity contribution in [2.75, 3.05) is 6.26 Å². The van der Waals surface area contributed by atoms with Gasteiger partial charge in [-0.3, -0.25) is 0 Å². The summed E-state index contributed by atoms with van der Waals surface area (Å²) in [5.74, 6) is 0.702. The summed E-state index contributed by atoms with van der Waals surface area (Å²) in [7, 11) is -3.22. The lowest BCUT2D eigenvalue weighted by molar-refractivity contribution is 0.602. The van der Waals surface area contributed by atoms with E-state index in [1.165, 1.54) is 6.26 Å². The van der Waals surface area contributed by atoms with Crippen molar-refractivity contribution in [1.29, 1.82) is 0 Å². The number of nitrogens with one attached hydrogen (secondary N) is 1. The van der Waals surface area contributed by atoms with E-state index in [1.54, 1.807) is 24.3 Å². The maximum absolute atomic E-state index is 11.7. The normalized spacial score (nSPS) is 11.4. The first-order chi connectivity index (χ1) is 13.0. The van der Waals surface area contributed by atoms with Gasteiger partial charge in [-0.25, -0.2) is 13.4 Å². The van der Waals surface area contributed by atoms with E-state index in [0.717, 1.165) is 28.1 Å². The van der Waals surface area contributed by atoms with Crippen LogP contribution in [-0.4, -0.2) is 24.6 Å². The van der Waals surface area contributed by atoms with Gasteiger partial charge in [0.05, 0.1) is 16.3 Å². The van der Waals surface area contributed by atoms with Gasteiger partial charge in [-0.05, 0) is 24.3 Å². The monoisotopic (exact) mass is 374 g/mol. The number of aromatic amines is 1. The molecule has 4 nitrogen and oxygen atoms in total. The predicted molar refractivity (Wildman–Crippen MR) is 108 cm³/mol. The Bertz CT molecular complexity index is 1110. The van der Waals surface area contributed by atoms with Crippen molar-refractivity contribution < 1.29 is 8.42 Å². The van der Waals surface area contributed by atoms with Crippen molar-refractivity contribution in [3.05, 3.63) is 84.9 Å². The van der Waals surface area contributed by atoms with Crippen molar-refractivity contribution in [1.82, 2.24) is 9.97 Å². The lowest BCUT2D eigenvalue weighted by Crippen LogP contribution is -1.96. The molecule has 4 rings (SSSR count). The molecule has 3 aromatic carbocycles. The topological polar surface area (TPSA) is 62.8 Å². The highest BCUT2D eigenvalue weighted by Gasteiger charge is 2.15. The Balaban J connectivity index is 1.85. The van der Waals surface area contributed by atoms with Gasteiger partial charge in [0.2, 0.25) is 0 Å². The molecule has 0 aliphatic rings. The maximum atomic E-state index is 11.7. The van der Waals surface area contributed by atoms with Crippen LogP contribution in [0.5, 0.6) is 0 Å². The molecule has 1 N–H and O–H groups in total. The predicted octanol–water partition coefficient (Wildman–Crippen LogP) is 4.81. The fourth-order valence-corrected chi connectivity index (χ4v) is 3.62. The van der Waals surface area contributed by atoms with E-state index < -0.39 is 9.84 Å². The van der Waals surface area contributed by atoms with Gasteiger partial charge in [0.1, 0.15) is 5.82 Å². The highest BCUT2D eigenvalue weighted by Crippen LogP contribution is 2.33. The molecule has 0 atom stereocenters. The Kier molecular flexibility index (Phi) is 4.38. The number of sulfone groups is 1. The summed E-state index contributed by atoms with van der Waals surface area (Å²) >= 11 is 0. The van der Waals surface area contributed by atoms with E-state index in [-0.39, 0.29) is 0 Å². The van der Waals surface area contributed by atoms with Crippen molar-refractivity contribution in [2.45, 2.75) is 4.90 Å². The van der Waals surface area contributed by atoms with E-state index >= 15 is 0 Å². The van der Waals surface area contributed by atoms with Crippen LogP contribution in [0.3, 0.4) is 0 Å². The van der Waals surface area contributed by atoms with Gasteiger partial charge >= 0.3 is 0 Å². The number of hydrogen-bond donors (Lipinski definition) is 1. The SMILES string of the molecule is CS(=O)(=O)c1ccc(-c2nc(-c3ccccc3)c(-c3ccccc3)[nH]2)cc1. The van der Waals surface area contributed by atoms with Crippen LogP contribution < -0.4 is 0 Å². The highest BCUT2D eigenvalue weighted by atomic mass is 32.2. The fraction of sp³-hybridized carbons (Fsp3) is 0.0455. The summed E-state index contributed by atoms with van der Waals surface area (Å²) in [6.07, 6.45) is 1.20. The highest BCUT2D eigenvalue weighted by molar-refractivity contribution is 7.90. The van der Waals surface area contributed by atoms with E-state index in [9.17, 15) is 8.42 Å². The fourth-order valence-electron chi connectivity index (χ4n) is 2.99. The number of rotatable bonds is 4. The van der Waals surface area contributed by atoms with Crippen LogP contribution in [0, 0.1) is 0 Å². The largest absolute Gasteiger partial charge is 0.337 e. The van der Waals surface area contributed by atoms with Crippen LogP contribution in [-0.2, 0) is 9.84 Å². The Morgan fingerprint density at radius 3 is 1.81 bits per heavy atom. The van der Waals surface area contributed by atoms with Gasteiger partial charge in [0, 0.05) is 22.9 Å². The van der Waals surface area contributed by atoms with Crippen molar-refractivity contribution >= 4 is 9.84 Å². The first kappa shape index (κ1) is 17.2. The average Bonchev–Trinajstić information content (AvgIpc) is 3.14. The van der Waals surface area contributed by atoms with E-state index in [0.29, 0.717) is 10.7 Å². The quantitative estimate of drug-likeness (QED) is 0.557. The summed E-state index contributed by atoms with van der Waals surface area (Å²) in [6, 6.07) is 26.8.